The lowest BCUT2D eigenvalue weighted by molar-refractivity contribution is -0.122. The summed E-state index contributed by atoms with van der Waals surface area (Å²) in [7, 11) is 0. The van der Waals surface area contributed by atoms with Gasteiger partial charge in [-0.05, 0) is 43.7 Å². The number of nitrogens with zero attached hydrogens (tertiary/aromatic N) is 2. The number of para-hydroxylation sites is 1. The summed E-state index contributed by atoms with van der Waals surface area (Å²) in [6, 6.07) is 15.5. The first-order valence-corrected chi connectivity index (χ1v) is 9.22. The molecule has 6 nitrogen and oxygen atoms in total. The van der Waals surface area contributed by atoms with Crippen LogP contribution in [0.3, 0.4) is 0 Å². The zero-order valence-corrected chi connectivity index (χ0v) is 15.0. The summed E-state index contributed by atoms with van der Waals surface area (Å²) in [5, 5.41) is 7.19. The normalized spacial score (nSPS) is 16.4. The molecule has 1 aliphatic rings. The summed E-state index contributed by atoms with van der Waals surface area (Å²) in [6.45, 7) is 1.68. The Morgan fingerprint density at radius 2 is 2.00 bits per heavy atom. The van der Waals surface area contributed by atoms with E-state index in [0.717, 1.165) is 47.4 Å². The first-order valence-electron chi connectivity index (χ1n) is 9.22. The molecule has 0 unspecified atom stereocenters. The third-order valence-corrected chi connectivity index (χ3v) is 4.66. The number of carbonyl (C=O) groups is 1. The highest BCUT2D eigenvalue weighted by Gasteiger charge is 2.21. The number of hydrogen-bond acceptors (Lipinski definition) is 5. The second-order valence-corrected chi connectivity index (χ2v) is 6.61. The molecule has 1 saturated heterocycles. The molecule has 27 heavy (non-hydrogen) atoms. The third kappa shape index (κ3) is 4.23. The Morgan fingerprint density at radius 3 is 2.89 bits per heavy atom. The van der Waals surface area contributed by atoms with E-state index < -0.39 is 0 Å². The van der Waals surface area contributed by atoms with E-state index in [0.29, 0.717) is 13.2 Å². The number of nitrogens with one attached hydrogen (secondary N) is 2. The van der Waals surface area contributed by atoms with Gasteiger partial charge >= 0.3 is 0 Å². The minimum atomic E-state index is -0.0737. The number of aromatic nitrogens is 2. The molecule has 3 aromatic rings. The first kappa shape index (κ1) is 17.4. The summed E-state index contributed by atoms with van der Waals surface area (Å²) in [4.78, 5) is 21.1. The third-order valence-electron chi connectivity index (χ3n) is 4.66. The van der Waals surface area contributed by atoms with Gasteiger partial charge < -0.3 is 15.4 Å². The molecule has 0 aliphatic carbocycles. The topological polar surface area (TPSA) is 76.1 Å². The lowest BCUT2D eigenvalue weighted by atomic mass is 10.2. The van der Waals surface area contributed by atoms with Crippen LogP contribution < -0.4 is 15.4 Å². The van der Waals surface area contributed by atoms with Crippen molar-refractivity contribution in [3.05, 3.63) is 66.1 Å². The largest absolute Gasteiger partial charge is 0.485 e. The van der Waals surface area contributed by atoms with Gasteiger partial charge in [-0.15, -0.1) is 0 Å². The lowest BCUT2D eigenvalue weighted by Crippen LogP contribution is -2.40. The van der Waals surface area contributed by atoms with Crippen LogP contribution >= 0.6 is 0 Å². The van der Waals surface area contributed by atoms with Crippen LogP contribution in [-0.4, -0.2) is 28.5 Å². The van der Waals surface area contributed by atoms with E-state index in [9.17, 15) is 4.79 Å². The van der Waals surface area contributed by atoms with Gasteiger partial charge in [-0.2, -0.15) is 0 Å². The van der Waals surface area contributed by atoms with Crippen LogP contribution in [0.1, 0.15) is 24.2 Å². The first-order chi connectivity index (χ1) is 13.3. The SMILES string of the molecule is O=C(NCc1cccc(COc2cccc3cccnc23)n1)[C@@H]1CCCN1. The molecule has 1 fully saturated rings. The molecule has 1 amide bonds. The Bertz CT molecular complexity index is 933. The van der Waals surface area contributed by atoms with E-state index in [1.165, 1.54) is 0 Å². The summed E-state index contributed by atoms with van der Waals surface area (Å²) >= 11 is 0. The maximum atomic E-state index is 12.1. The van der Waals surface area contributed by atoms with Crippen molar-refractivity contribution in [3.8, 4) is 5.75 Å². The minimum Gasteiger partial charge on any atom is -0.485 e. The van der Waals surface area contributed by atoms with Gasteiger partial charge in [0, 0.05) is 11.6 Å². The maximum absolute atomic E-state index is 12.1. The molecule has 2 N–H and O–H groups in total. The van der Waals surface area contributed by atoms with Crippen molar-refractivity contribution in [2.75, 3.05) is 6.54 Å². The number of rotatable bonds is 6. The molecule has 0 spiro atoms. The minimum absolute atomic E-state index is 0.0396. The number of pyridine rings is 2. The van der Waals surface area contributed by atoms with Crippen LogP contribution in [0.25, 0.3) is 10.9 Å². The van der Waals surface area contributed by atoms with Crippen molar-refractivity contribution in [2.24, 2.45) is 0 Å². The van der Waals surface area contributed by atoms with E-state index in [1.54, 1.807) is 6.20 Å². The van der Waals surface area contributed by atoms with Crippen molar-refractivity contribution in [3.63, 3.8) is 0 Å². The van der Waals surface area contributed by atoms with Gasteiger partial charge in [-0.3, -0.25) is 14.8 Å². The van der Waals surface area contributed by atoms with Gasteiger partial charge in [0.2, 0.25) is 5.91 Å². The van der Waals surface area contributed by atoms with Crippen LogP contribution in [0.2, 0.25) is 0 Å². The van der Waals surface area contributed by atoms with Crippen molar-refractivity contribution < 1.29 is 9.53 Å². The van der Waals surface area contributed by atoms with Gasteiger partial charge in [0.05, 0.1) is 24.0 Å². The molecular formula is C21H22N4O2. The average Bonchev–Trinajstić information content (AvgIpc) is 3.26. The molecule has 1 aliphatic heterocycles. The summed E-state index contributed by atoms with van der Waals surface area (Å²) in [6.07, 6.45) is 3.70. The number of ether oxygens (including phenoxy) is 1. The summed E-state index contributed by atoms with van der Waals surface area (Å²) in [5.41, 5.74) is 2.47. The average molecular weight is 362 g/mol. The fourth-order valence-electron chi connectivity index (χ4n) is 3.26. The van der Waals surface area contributed by atoms with E-state index in [-0.39, 0.29) is 11.9 Å². The van der Waals surface area contributed by atoms with E-state index in [4.69, 9.17) is 4.74 Å². The monoisotopic (exact) mass is 362 g/mol. The maximum Gasteiger partial charge on any atom is 0.237 e. The van der Waals surface area contributed by atoms with Crippen molar-refractivity contribution in [1.82, 2.24) is 20.6 Å². The molecule has 138 valence electrons. The second kappa shape index (κ2) is 8.14. The van der Waals surface area contributed by atoms with Gasteiger partial charge in [-0.25, -0.2) is 0 Å². The Morgan fingerprint density at radius 1 is 1.15 bits per heavy atom. The predicted molar refractivity (Wildman–Crippen MR) is 103 cm³/mol. The number of fused-ring (bicyclic) bond motifs is 1. The van der Waals surface area contributed by atoms with Gasteiger partial charge in [0.25, 0.3) is 0 Å². The van der Waals surface area contributed by atoms with Gasteiger partial charge in [-0.1, -0.05) is 24.3 Å². The number of hydrogen-bond donors (Lipinski definition) is 2. The highest BCUT2D eigenvalue weighted by molar-refractivity contribution is 5.84. The Balaban J connectivity index is 1.38. The van der Waals surface area contributed by atoms with E-state index in [2.05, 4.69) is 20.6 Å². The smallest absolute Gasteiger partial charge is 0.237 e. The van der Waals surface area contributed by atoms with E-state index >= 15 is 0 Å². The van der Waals surface area contributed by atoms with Crippen LogP contribution in [-0.2, 0) is 17.9 Å². The zero-order valence-electron chi connectivity index (χ0n) is 15.0. The molecule has 0 saturated carbocycles. The highest BCUT2D eigenvalue weighted by atomic mass is 16.5. The van der Waals surface area contributed by atoms with Gasteiger partial charge in [0.15, 0.2) is 0 Å². The standard InChI is InChI=1S/C21H22N4O2/c26-21(18-9-4-11-22-18)24-13-16-7-2-8-17(25-16)14-27-19-10-1-5-15-6-3-12-23-20(15)19/h1-3,5-8,10,12,18,22H,4,9,11,13-14H2,(H,24,26)/t18-/m0/s1. The molecule has 2 aromatic heterocycles. The van der Waals surface area contributed by atoms with Crippen LogP contribution in [0.5, 0.6) is 5.75 Å². The van der Waals surface area contributed by atoms with E-state index in [1.807, 2.05) is 48.5 Å². The van der Waals surface area contributed by atoms with Crippen molar-refractivity contribution in [1.29, 1.82) is 0 Å². The quantitative estimate of drug-likeness (QED) is 0.705. The van der Waals surface area contributed by atoms with Gasteiger partial charge in [0.1, 0.15) is 17.9 Å². The second-order valence-electron chi connectivity index (χ2n) is 6.61. The molecule has 4 rings (SSSR count). The molecule has 0 radical (unpaired) electrons. The highest BCUT2D eigenvalue weighted by Crippen LogP contribution is 2.23. The fourth-order valence-corrected chi connectivity index (χ4v) is 3.26. The molecule has 1 atom stereocenters. The summed E-state index contributed by atoms with van der Waals surface area (Å²) in [5.74, 6) is 0.777. The lowest BCUT2D eigenvalue weighted by Gasteiger charge is -2.12. The Hall–Kier alpha value is -2.99. The summed E-state index contributed by atoms with van der Waals surface area (Å²) < 4.78 is 5.94. The Labute approximate surface area is 158 Å². The van der Waals surface area contributed by atoms with Crippen LogP contribution in [0.15, 0.2) is 54.7 Å². The number of benzene rings is 1. The number of amides is 1. The molecule has 1 aromatic carbocycles. The predicted octanol–water partition coefficient (Wildman–Crippen LogP) is 2.58. The molecule has 6 heteroatoms. The van der Waals surface area contributed by atoms with Crippen LogP contribution in [0, 0.1) is 0 Å². The molecule has 0 bridgehead atoms. The van der Waals surface area contributed by atoms with Crippen LogP contribution in [0.4, 0.5) is 0 Å². The zero-order chi connectivity index (χ0) is 18.5. The van der Waals surface area contributed by atoms with Crippen molar-refractivity contribution in [2.45, 2.75) is 32.0 Å². The molecular weight excluding hydrogens is 340 g/mol. The Kier molecular flexibility index (Phi) is 5.25. The number of carbonyl (C=O) groups excluding carboxylic acids is 1. The van der Waals surface area contributed by atoms with Crippen molar-refractivity contribution >= 4 is 16.8 Å². The molecule has 3 heterocycles. The fraction of sp³-hybridized carbons (Fsp3) is 0.286.